The number of fused-ring (bicyclic) bond motifs is 1. The van der Waals surface area contributed by atoms with Gasteiger partial charge in [0.05, 0.1) is 60.9 Å². The molecule has 2 aromatic heterocycles. The fourth-order valence-electron chi connectivity index (χ4n) is 4.72. The summed E-state index contributed by atoms with van der Waals surface area (Å²) in [5.41, 5.74) is 0.622. The first kappa shape index (κ1) is 27.2. The topological polar surface area (TPSA) is 131 Å². The number of hydrogen-bond donors (Lipinski definition) is 3. The van der Waals surface area contributed by atoms with Crippen LogP contribution in [0.2, 0.25) is 10.0 Å². The van der Waals surface area contributed by atoms with Gasteiger partial charge in [-0.2, -0.15) is 0 Å². The fourth-order valence-corrected chi connectivity index (χ4v) is 5.42. The van der Waals surface area contributed by atoms with E-state index in [1.807, 2.05) is 4.90 Å². The van der Waals surface area contributed by atoms with E-state index in [1.165, 1.54) is 20.3 Å². The van der Waals surface area contributed by atoms with E-state index in [2.05, 4.69) is 22.2 Å². The minimum atomic E-state index is -0.857. The molecule has 1 amide bonds. The number of nitrogens with one attached hydrogen (secondary N) is 2. The van der Waals surface area contributed by atoms with Crippen molar-refractivity contribution in [3.8, 4) is 22.8 Å². The van der Waals surface area contributed by atoms with Gasteiger partial charge in [-0.25, -0.2) is 15.0 Å². The number of halogens is 2. The van der Waals surface area contributed by atoms with Gasteiger partial charge in [0.2, 0.25) is 11.9 Å². The molecule has 5 rings (SSSR count). The summed E-state index contributed by atoms with van der Waals surface area (Å²) in [5.74, 6) is 1.37. The van der Waals surface area contributed by atoms with Crippen LogP contribution in [-0.2, 0) is 9.53 Å². The highest BCUT2D eigenvalue weighted by Crippen LogP contribution is 2.46. The number of carbonyl (C=O) groups is 1. The van der Waals surface area contributed by atoms with Crippen LogP contribution in [0, 0.1) is 0 Å². The van der Waals surface area contributed by atoms with Gasteiger partial charge in [0.1, 0.15) is 17.0 Å². The Kier molecular flexibility index (Phi) is 7.43. The van der Waals surface area contributed by atoms with Crippen molar-refractivity contribution in [1.29, 1.82) is 0 Å². The first-order valence-corrected chi connectivity index (χ1v) is 12.9. The monoisotopic (exact) mass is 574 g/mol. The van der Waals surface area contributed by atoms with E-state index >= 15 is 0 Å². The summed E-state index contributed by atoms with van der Waals surface area (Å²) < 4.78 is 16.4. The lowest BCUT2D eigenvalue weighted by Gasteiger charge is -2.45. The van der Waals surface area contributed by atoms with Crippen LogP contribution >= 0.6 is 23.2 Å². The van der Waals surface area contributed by atoms with Gasteiger partial charge in [-0.3, -0.25) is 4.79 Å². The maximum absolute atomic E-state index is 11.8. The quantitative estimate of drug-likeness (QED) is 0.345. The molecule has 0 aliphatic carbocycles. The van der Waals surface area contributed by atoms with Gasteiger partial charge in [-0.15, -0.1) is 0 Å². The third-order valence-electron chi connectivity index (χ3n) is 6.65. The minimum Gasteiger partial charge on any atom is -0.495 e. The summed E-state index contributed by atoms with van der Waals surface area (Å²) in [6, 6.07) is 2.89. The van der Waals surface area contributed by atoms with E-state index in [-0.39, 0.29) is 28.0 Å². The maximum Gasteiger partial charge on any atom is 0.243 e. The first-order chi connectivity index (χ1) is 18.6. The number of benzene rings is 1. The highest BCUT2D eigenvalue weighted by Gasteiger charge is 2.39. The normalized spacial score (nSPS) is 19.9. The van der Waals surface area contributed by atoms with Crippen LogP contribution in [0.15, 0.2) is 31.0 Å². The second-order valence-electron chi connectivity index (χ2n) is 9.71. The Hall–Kier alpha value is -3.38. The molecule has 3 N–H and O–H groups in total. The minimum absolute atomic E-state index is 0.242. The molecule has 2 atom stereocenters. The number of ether oxygens (including phenoxy) is 3. The van der Waals surface area contributed by atoms with Crippen LogP contribution in [0.3, 0.4) is 0 Å². The van der Waals surface area contributed by atoms with Crippen LogP contribution < -0.4 is 25.0 Å². The Morgan fingerprint density at radius 1 is 1.18 bits per heavy atom. The first-order valence-electron chi connectivity index (χ1n) is 12.2. The smallest absolute Gasteiger partial charge is 0.243 e. The molecule has 2 aliphatic heterocycles. The van der Waals surface area contributed by atoms with Crippen molar-refractivity contribution in [3.63, 3.8) is 0 Å². The number of methoxy groups -OCH3 is 2. The fraction of sp³-hybridized carbons (Fsp3) is 0.385. The van der Waals surface area contributed by atoms with Crippen LogP contribution in [0.4, 0.5) is 11.8 Å². The van der Waals surface area contributed by atoms with Crippen molar-refractivity contribution < 1.29 is 24.1 Å². The molecule has 2 aliphatic rings. The number of anilines is 2. The zero-order chi connectivity index (χ0) is 27.9. The van der Waals surface area contributed by atoms with Crippen molar-refractivity contribution in [2.24, 2.45) is 0 Å². The molecule has 206 valence electrons. The molecule has 0 saturated carbocycles. The lowest BCUT2D eigenvalue weighted by Crippen LogP contribution is -2.60. The van der Waals surface area contributed by atoms with Gasteiger partial charge >= 0.3 is 0 Å². The second kappa shape index (κ2) is 10.6. The standard InChI is InChI=1S/C26H28Cl2N6O5/c1-5-19(35)30-15-9-39-10-16(15)32-25-29-8-13-6-14(20-21(27)17(37-3)7-18(38-4)22(20)28)31-24(23(13)33-25)34-11-26(2,36)12-34/h5-8,15-16,36H,1,9-12H2,2-4H3,(H,30,35)(H,29,32,33)/t15-,16+/m0/s1. The summed E-state index contributed by atoms with van der Waals surface area (Å²) in [7, 11) is 3.01. The molecule has 0 bridgehead atoms. The summed E-state index contributed by atoms with van der Waals surface area (Å²) in [6.07, 6.45) is 2.89. The summed E-state index contributed by atoms with van der Waals surface area (Å²) in [5, 5.41) is 17.8. The molecule has 13 heteroatoms. The summed E-state index contributed by atoms with van der Waals surface area (Å²) >= 11 is 13.4. The number of β-amino-alcohol motifs (C(OH)–C–C–N with tert-alkyl or cyclic N) is 1. The number of pyridine rings is 1. The lowest BCUT2D eigenvalue weighted by atomic mass is 9.96. The van der Waals surface area contributed by atoms with E-state index in [0.717, 1.165) is 0 Å². The van der Waals surface area contributed by atoms with Crippen molar-refractivity contribution in [3.05, 3.63) is 41.0 Å². The maximum atomic E-state index is 11.8. The molecule has 2 saturated heterocycles. The van der Waals surface area contributed by atoms with Crippen molar-refractivity contribution >= 4 is 51.8 Å². The zero-order valence-corrected chi connectivity index (χ0v) is 23.1. The molecule has 1 aromatic carbocycles. The van der Waals surface area contributed by atoms with E-state index in [0.29, 0.717) is 71.7 Å². The highest BCUT2D eigenvalue weighted by atomic mass is 35.5. The Labute approximate surface area is 235 Å². The van der Waals surface area contributed by atoms with Gasteiger partial charge in [0.15, 0.2) is 5.82 Å². The number of hydrogen-bond acceptors (Lipinski definition) is 10. The SMILES string of the molecule is C=CC(=O)N[C@H]1COC[C@H]1Nc1ncc2cc(-c3c(Cl)c(OC)cc(OC)c3Cl)nc(N3CC(C)(O)C3)c2n1. The zero-order valence-electron chi connectivity index (χ0n) is 21.6. The molecule has 0 unspecified atom stereocenters. The number of amides is 1. The average Bonchev–Trinajstić information content (AvgIpc) is 3.33. The number of aromatic nitrogens is 3. The van der Waals surface area contributed by atoms with Crippen LogP contribution in [0.5, 0.6) is 11.5 Å². The van der Waals surface area contributed by atoms with Gasteiger partial charge in [-0.05, 0) is 19.1 Å². The van der Waals surface area contributed by atoms with E-state index in [9.17, 15) is 9.90 Å². The third kappa shape index (κ3) is 5.27. The highest BCUT2D eigenvalue weighted by molar-refractivity contribution is 6.41. The molecule has 2 fully saturated rings. The Balaban J connectivity index is 1.58. The summed E-state index contributed by atoms with van der Waals surface area (Å²) in [6.45, 7) is 6.71. The lowest BCUT2D eigenvalue weighted by molar-refractivity contribution is -0.117. The molecule has 0 radical (unpaired) electrons. The molecule has 3 aromatic rings. The van der Waals surface area contributed by atoms with Crippen LogP contribution in [0.1, 0.15) is 6.92 Å². The molecule has 39 heavy (non-hydrogen) atoms. The van der Waals surface area contributed by atoms with Gasteiger partial charge in [0, 0.05) is 36.3 Å². The van der Waals surface area contributed by atoms with Gasteiger partial charge < -0.3 is 34.9 Å². The second-order valence-corrected chi connectivity index (χ2v) is 10.5. The van der Waals surface area contributed by atoms with Gasteiger partial charge in [-0.1, -0.05) is 29.8 Å². The summed E-state index contributed by atoms with van der Waals surface area (Å²) in [4.78, 5) is 27.9. The molecule has 4 heterocycles. The van der Waals surface area contributed by atoms with E-state index in [4.69, 9.17) is 47.4 Å². The van der Waals surface area contributed by atoms with Crippen LogP contribution in [0.25, 0.3) is 22.2 Å². The number of nitrogens with zero attached hydrogens (tertiary/aromatic N) is 4. The molecule has 11 nitrogen and oxygen atoms in total. The van der Waals surface area contributed by atoms with Crippen molar-refractivity contribution in [2.45, 2.75) is 24.6 Å². The number of carbonyl (C=O) groups excluding carboxylic acids is 1. The third-order valence-corrected chi connectivity index (χ3v) is 7.40. The van der Waals surface area contributed by atoms with Crippen molar-refractivity contribution in [2.75, 3.05) is 50.7 Å². The number of rotatable bonds is 8. The number of aliphatic hydroxyl groups is 1. The van der Waals surface area contributed by atoms with E-state index < -0.39 is 5.60 Å². The average molecular weight is 575 g/mol. The predicted molar refractivity (Wildman–Crippen MR) is 149 cm³/mol. The van der Waals surface area contributed by atoms with Crippen molar-refractivity contribution in [1.82, 2.24) is 20.3 Å². The Morgan fingerprint density at radius 3 is 2.46 bits per heavy atom. The molecular formula is C26H28Cl2N6O5. The molecule has 0 spiro atoms. The Bertz CT molecular complexity index is 1420. The Morgan fingerprint density at radius 2 is 1.85 bits per heavy atom. The predicted octanol–water partition coefficient (Wildman–Crippen LogP) is 3.07. The van der Waals surface area contributed by atoms with Crippen LogP contribution in [-0.4, -0.2) is 84.2 Å². The molecular weight excluding hydrogens is 547 g/mol. The largest absolute Gasteiger partial charge is 0.495 e. The van der Waals surface area contributed by atoms with Gasteiger partial charge in [0.25, 0.3) is 0 Å². The van der Waals surface area contributed by atoms with E-state index in [1.54, 1.807) is 25.3 Å².